The molecule has 0 spiro atoms. The van der Waals surface area contributed by atoms with Crippen molar-refractivity contribution in [3.05, 3.63) is 30.5 Å². The maximum Gasteiger partial charge on any atom is 0.274 e. The van der Waals surface area contributed by atoms with Crippen molar-refractivity contribution in [3.8, 4) is 0 Å². The number of sulfonamides is 1. The first-order valence-electron chi connectivity index (χ1n) is 6.42. The van der Waals surface area contributed by atoms with Crippen LogP contribution >= 0.6 is 0 Å². The van der Waals surface area contributed by atoms with Crippen LogP contribution in [0.15, 0.2) is 34.3 Å². The van der Waals surface area contributed by atoms with Gasteiger partial charge in [0.2, 0.25) is 5.09 Å². The zero-order valence-corrected chi connectivity index (χ0v) is 12.3. The lowest BCUT2D eigenvalue weighted by Crippen LogP contribution is -2.31. The lowest BCUT2D eigenvalue weighted by Gasteiger charge is -2.10. The van der Waals surface area contributed by atoms with Crippen molar-refractivity contribution in [3.63, 3.8) is 0 Å². The summed E-state index contributed by atoms with van der Waals surface area (Å²) in [7, 11) is -3.58. The number of hydrogen-bond donors (Lipinski definition) is 2. The van der Waals surface area contributed by atoms with Gasteiger partial charge in [-0.05, 0) is 38.4 Å². The first kappa shape index (κ1) is 15.9. The second-order valence-corrected chi connectivity index (χ2v) is 6.09. The van der Waals surface area contributed by atoms with E-state index >= 15 is 0 Å². The van der Waals surface area contributed by atoms with E-state index in [0.29, 0.717) is 18.7 Å². The van der Waals surface area contributed by atoms with E-state index < -0.39 is 10.0 Å². The van der Waals surface area contributed by atoms with E-state index in [-0.39, 0.29) is 11.1 Å². The SMILES string of the molecule is C=CCC(C)NS(=O)(=O)c1ccc(CNCCC)o1. The highest BCUT2D eigenvalue weighted by atomic mass is 32.2. The van der Waals surface area contributed by atoms with Crippen LogP contribution in [-0.2, 0) is 16.6 Å². The van der Waals surface area contributed by atoms with Gasteiger partial charge in [-0.1, -0.05) is 13.0 Å². The molecule has 1 atom stereocenters. The van der Waals surface area contributed by atoms with E-state index in [2.05, 4.69) is 23.5 Å². The molecule has 0 aliphatic heterocycles. The fraction of sp³-hybridized carbons (Fsp3) is 0.538. The van der Waals surface area contributed by atoms with E-state index in [1.807, 2.05) is 0 Å². The van der Waals surface area contributed by atoms with E-state index in [1.54, 1.807) is 19.1 Å². The topological polar surface area (TPSA) is 71.3 Å². The molecule has 2 N–H and O–H groups in total. The Morgan fingerprint density at radius 3 is 2.84 bits per heavy atom. The van der Waals surface area contributed by atoms with Crippen LogP contribution in [0.1, 0.15) is 32.4 Å². The van der Waals surface area contributed by atoms with Crippen molar-refractivity contribution in [2.24, 2.45) is 0 Å². The van der Waals surface area contributed by atoms with Crippen LogP contribution in [0.5, 0.6) is 0 Å². The Labute approximate surface area is 115 Å². The zero-order chi connectivity index (χ0) is 14.3. The molecule has 1 aromatic rings. The van der Waals surface area contributed by atoms with Gasteiger partial charge in [-0.15, -0.1) is 6.58 Å². The molecule has 0 saturated carbocycles. The molecule has 0 bridgehead atoms. The van der Waals surface area contributed by atoms with Crippen LogP contribution in [-0.4, -0.2) is 21.0 Å². The molecule has 1 rings (SSSR count). The van der Waals surface area contributed by atoms with Gasteiger partial charge in [-0.25, -0.2) is 13.1 Å². The molecule has 6 heteroatoms. The first-order valence-corrected chi connectivity index (χ1v) is 7.90. The second-order valence-electron chi connectivity index (χ2n) is 4.44. The van der Waals surface area contributed by atoms with Crippen LogP contribution in [0.25, 0.3) is 0 Å². The van der Waals surface area contributed by atoms with Crippen LogP contribution in [0.4, 0.5) is 0 Å². The Morgan fingerprint density at radius 1 is 1.47 bits per heavy atom. The maximum atomic E-state index is 12.0. The summed E-state index contributed by atoms with van der Waals surface area (Å²) in [5.74, 6) is 0.616. The van der Waals surface area contributed by atoms with Gasteiger partial charge in [-0.2, -0.15) is 0 Å². The second kappa shape index (κ2) is 7.47. The van der Waals surface area contributed by atoms with Crippen molar-refractivity contribution < 1.29 is 12.8 Å². The van der Waals surface area contributed by atoms with E-state index in [9.17, 15) is 8.42 Å². The zero-order valence-electron chi connectivity index (χ0n) is 11.5. The molecule has 1 aromatic heterocycles. The van der Waals surface area contributed by atoms with Crippen molar-refractivity contribution in [1.82, 2.24) is 10.0 Å². The average Bonchev–Trinajstić information content (AvgIpc) is 2.78. The first-order chi connectivity index (χ1) is 8.99. The predicted molar refractivity (Wildman–Crippen MR) is 75.3 cm³/mol. The van der Waals surface area contributed by atoms with Crippen LogP contribution < -0.4 is 10.0 Å². The quantitative estimate of drug-likeness (QED) is 0.538. The highest BCUT2D eigenvalue weighted by Gasteiger charge is 2.20. The molecule has 0 amide bonds. The Hall–Kier alpha value is -1.11. The van der Waals surface area contributed by atoms with E-state index in [1.165, 1.54) is 6.07 Å². The number of furan rings is 1. The van der Waals surface area contributed by atoms with E-state index in [0.717, 1.165) is 13.0 Å². The Balaban J connectivity index is 2.65. The van der Waals surface area contributed by atoms with Crippen LogP contribution in [0.2, 0.25) is 0 Å². The highest BCUT2D eigenvalue weighted by Crippen LogP contribution is 2.14. The molecule has 0 radical (unpaired) electrons. The monoisotopic (exact) mass is 286 g/mol. The molecule has 0 saturated heterocycles. The molecule has 5 nitrogen and oxygen atoms in total. The minimum atomic E-state index is -3.58. The number of hydrogen-bond acceptors (Lipinski definition) is 4. The minimum absolute atomic E-state index is 0.0447. The summed E-state index contributed by atoms with van der Waals surface area (Å²) in [6.07, 6.45) is 3.27. The van der Waals surface area contributed by atoms with Gasteiger partial charge in [0.25, 0.3) is 10.0 Å². The molecule has 0 aliphatic carbocycles. The molecular formula is C13H22N2O3S. The Bertz CT molecular complexity index is 494. The van der Waals surface area contributed by atoms with Gasteiger partial charge in [-0.3, -0.25) is 0 Å². The van der Waals surface area contributed by atoms with Crippen molar-refractivity contribution >= 4 is 10.0 Å². The molecular weight excluding hydrogens is 264 g/mol. The third kappa shape index (κ3) is 5.18. The predicted octanol–water partition coefficient (Wildman–Crippen LogP) is 2.02. The van der Waals surface area contributed by atoms with Crippen molar-refractivity contribution in [2.45, 2.75) is 44.4 Å². The summed E-state index contributed by atoms with van der Waals surface area (Å²) >= 11 is 0. The molecule has 1 unspecified atom stereocenters. The largest absolute Gasteiger partial charge is 0.447 e. The lowest BCUT2D eigenvalue weighted by atomic mass is 10.3. The van der Waals surface area contributed by atoms with Gasteiger partial charge >= 0.3 is 0 Å². The normalized spacial score (nSPS) is 13.4. The summed E-state index contributed by atoms with van der Waals surface area (Å²) in [6, 6.07) is 2.95. The summed E-state index contributed by atoms with van der Waals surface area (Å²) in [4.78, 5) is 0. The molecule has 108 valence electrons. The van der Waals surface area contributed by atoms with Crippen molar-refractivity contribution in [1.29, 1.82) is 0 Å². The molecule has 1 heterocycles. The number of rotatable bonds is 9. The lowest BCUT2D eigenvalue weighted by molar-refractivity contribution is 0.398. The number of nitrogens with one attached hydrogen (secondary N) is 2. The van der Waals surface area contributed by atoms with Gasteiger partial charge in [0.05, 0.1) is 6.54 Å². The summed E-state index contributed by atoms with van der Waals surface area (Å²) in [5.41, 5.74) is 0. The molecule has 0 aromatic carbocycles. The fourth-order valence-corrected chi connectivity index (χ4v) is 2.81. The Kier molecular flexibility index (Phi) is 6.27. The average molecular weight is 286 g/mol. The van der Waals surface area contributed by atoms with Gasteiger partial charge < -0.3 is 9.73 Å². The fourth-order valence-electron chi connectivity index (χ4n) is 1.61. The molecule has 0 fully saturated rings. The smallest absolute Gasteiger partial charge is 0.274 e. The molecule has 0 aliphatic rings. The summed E-state index contributed by atoms with van der Waals surface area (Å²) in [6.45, 7) is 8.84. The summed E-state index contributed by atoms with van der Waals surface area (Å²) in [5, 5.41) is 3.11. The van der Waals surface area contributed by atoms with Crippen LogP contribution in [0.3, 0.4) is 0 Å². The molecule has 19 heavy (non-hydrogen) atoms. The van der Waals surface area contributed by atoms with Gasteiger partial charge in [0.1, 0.15) is 5.76 Å². The highest BCUT2D eigenvalue weighted by molar-refractivity contribution is 7.89. The standard InChI is InChI=1S/C13H22N2O3S/c1-4-6-11(3)15-19(16,17)13-8-7-12(18-13)10-14-9-5-2/h4,7-8,11,14-15H,1,5-6,9-10H2,2-3H3. The van der Waals surface area contributed by atoms with Gasteiger partial charge in [0.15, 0.2) is 0 Å². The minimum Gasteiger partial charge on any atom is -0.447 e. The van der Waals surface area contributed by atoms with E-state index in [4.69, 9.17) is 4.42 Å². The third-order valence-corrected chi connectivity index (χ3v) is 3.97. The van der Waals surface area contributed by atoms with Crippen LogP contribution in [0, 0.1) is 0 Å². The van der Waals surface area contributed by atoms with Gasteiger partial charge in [0, 0.05) is 6.04 Å². The Morgan fingerprint density at radius 2 is 2.21 bits per heavy atom. The maximum absolute atomic E-state index is 12.0. The third-order valence-electron chi connectivity index (χ3n) is 2.50. The summed E-state index contributed by atoms with van der Waals surface area (Å²) < 4.78 is 31.9. The van der Waals surface area contributed by atoms with Crippen molar-refractivity contribution in [2.75, 3.05) is 6.54 Å².